The van der Waals surface area contributed by atoms with Gasteiger partial charge < -0.3 is 11.8 Å². The van der Waals surface area contributed by atoms with Crippen LogP contribution in [-0.2, 0) is 5.75 Å². The second-order valence-corrected chi connectivity index (χ2v) is 2.42. The summed E-state index contributed by atoms with van der Waals surface area (Å²) in [6.45, 7) is 0. The van der Waals surface area contributed by atoms with Gasteiger partial charge in [0.15, 0.2) is 0 Å². The summed E-state index contributed by atoms with van der Waals surface area (Å²) in [4.78, 5) is 0. The topological polar surface area (TPSA) is 0 Å². The van der Waals surface area contributed by atoms with Crippen LogP contribution in [0.25, 0.3) is 0 Å². The van der Waals surface area contributed by atoms with E-state index in [1.807, 2.05) is 18.2 Å². The van der Waals surface area contributed by atoms with E-state index in [-0.39, 0.29) is 18.9 Å². The largest absolute Gasteiger partial charge is 1.00 e. The monoisotopic (exact) mass is 145 g/mol. The maximum Gasteiger partial charge on any atom is 1.00 e. The predicted molar refractivity (Wildman–Crippen MR) is 43.1 cm³/mol. The molecule has 10 heavy (non-hydrogen) atoms. The molecule has 0 spiro atoms. The van der Waals surface area contributed by atoms with Crippen LogP contribution in [0.15, 0.2) is 30.3 Å². The average Bonchev–Trinajstić information content (AvgIpc) is 2.03. The van der Waals surface area contributed by atoms with E-state index in [4.69, 9.17) is 1.37 Å². The number of benzene rings is 1. The van der Waals surface area contributed by atoms with E-state index >= 15 is 0 Å². The molecule has 0 heterocycles. The molecule has 0 radical (unpaired) electrons. The fraction of sp³-hybridized carbons (Fsp3) is 0.125. The molecule has 0 saturated carbocycles. The van der Waals surface area contributed by atoms with Crippen LogP contribution in [0.4, 0.5) is 0 Å². The third kappa shape index (κ3) is 3.36. The van der Waals surface area contributed by atoms with Gasteiger partial charge >= 0.3 is 18.9 Å². The molecule has 48 valence electrons. The Morgan fingerprint density at radius 3 is 2.70 bits per heavy atom. The van der Waals surface area contributed by atoms with Gasteiger partial charge in [0.1, 0.15) is 0 Å². The normalized spacial score (nSPS) is 9.80. The quantitative estimate of drug-likeness (QED) is 0.416. The van der Waals surface area contributed by atoms with Crippen molar-refractivity contribution in [2.24, 2.45) is 0 Å². The van der Waals surface area contributed by atoms with Crippen molar-refractivity contribution in [2.75, 3.05) is 0 Å². The summed E-state index contributed by atoms with van der Waals surface area (Å²) in [6.07, 6.45) is 1.37. The standard InChI is InChI=1S/C8H9S.Li/c1-9-7-8-5-3-2-4-6-8;/h2-6H,1,7H2;/q-1;+1/i1D;. The molecule has 0 N–H and O–H groups in total. The van der Waals surface area contributed by atoms with Crippen molar-refractivity contribution >= 4 is 11.8 Å². The summed E-state index contributed by atoms with van der Waals surface area (Å²) >= 11 is 1.50. The molecule has 0 aromatic heterocycles. The van der Waals surface area contributed by atoms with Crippen LogP contribution in [0.2, 0.25) is 0 Å². The SMILES string of the molecule is [2H][CH-]SCc1ccccc1.[Li+]. The van der Waals surface area contributed by atoms with Crippen LogP contribution in [0, 0.1) is 6.23 Å². The molecular formula is C8H9LiS. The van der Waals surface area contributed by atoms with Gasteiger partial charge in [0.25, 0.3) is 0 Å². The molecule has 0 nitrogen and oxygen atoms in total. The summed E-state index contributed by atoms with van der Waals surface area (Å²) in [7, 11) is 0. The van der Waals surface area contributed by atoms with E-state index in [1.54, 1.807) is 0 Å². The Morgan fingerprint density at radius 2 is 2.10 bits per heavy atom. The zero-order valence-electron chi connectivity index (χ0n) is 7.08. The molecule has 1 aromatic rings. The Kier molecular flexibility index (Phi) is 4.89. The van der Waals surface area contributed by atoms with Gasteiger partial charge in [0.05, 0.1) is 0 Å². The fourth-order valence-electron chi connectivity index (χ4n) is 0.670. The summed E-state index contributed by atoms with van der Waals surface area (Å²) < 4.78 is 6.79. The zero-order valence-corrected chi connectivity index (χ0v) is 6.90. The summed E-state index contributed by atoms with van der Waals surface area (Å²) in [5, 5.41) is 0. The number of hydrogen-bond acceptors (Lipinski definition) is 1. The van der Waals surface area contributed by atoms with Crippen molar-refractivity contribution in [3.05, 3.63) is 42.1 Å². The van der Waals surface area contributed by atoms with Crippen LogP contribution in [-0.4, -0.2) is 0 Å². The van der Waals surface area contributed by atoms with Gasteiger partial charge in [-0.3, -0.25) is 6.23 Å². The van der Waals surface area contributed by atoms with Crippen LogP contribution in [0.1, 0.15) is 6.93 Å². The number of thioether (sulfide) groups is 1. The Morgan fingerprint density at radius 1 is 1.40 bits per heavy atom. The molecule has 0 fully saturated rings. The average molecular weight is 145 g/mol. The summed E-state index contributed by atoms with van der Waals surface area (Å²) in [6, 6.07) is 10.2. The molecule has 0 aliphatic rings. The predicted octanol–water partition coefficient (Wildman–Crippen LogP) is -0.285. The molecule has 0 aliphatic heterocycles. The molecule has 2 heteroatoms. The van der Waals surface area contributed by atoms with Crippen LogP contribution in [0.3, 0.4) is 0 Å². The van der Waals surface area contributed by atoms with Crippen LogP contribution in [0.5, 0.6) is 0 Å². The van der Waals surface area contributed by atoms with Crippen molar-refractivity contribution in [2.45, 2.75) is 5.75 Å². The van der Waals surface area contributed by atoms with Crippen molar-refractivity contribution < 1.29 is 20.2 Å². The molecule has 0 unspecified atom stereocenters. The Balaban J connectivity index is 0.000001000. The van der Waals surface area contributed by atoms with E-state index in [2.05, 4.69) is 12.1 Å². The fourth-order valence-corrected chi connectivity index (χ4v) is 1.06. The zero-order chi connectivity index (χ0) is 7.23. The van der Waals surface area contributed by atoms with Crippen molar-refractivity contribution in [1.29, 1.82) is 0 Å². The number of rotatable bonds is 3. The maximum absolute atomic E-state index is 6.79. The second-order valence-electron chi connectivity index (χ2n) is 1.80. The maximum atomic E-state index is 6.79. The van der Waals surface area contributed by atoms with Crippen molar-refractivity contribution in [3.8, 4) is 0 Å². The minimum absolute atomic E-state index is 0. The first kappa shape index (κ1) is 8.27. The minimum atomic E-state index is 0. The van der Waals surface area contributed by atoms with Gasteiger partial charge in [-0.1, -0.05) is 30.3 Å². The first-order chi connectivity index (χ1) is 4.93. The van der Waals surface area contributed by atoms with Crippen molar-refractivity contribution in [3.63, 3.8) is 0 Å². The number of hydrogen-bond donors (Lipinski definition) is 0. The van der Waals surface area contributed by atoms with Crippen LogP contribution < -0.4 is 18.9 Å². The minimum Gasteiger partial charge on any atom is -0.350 e. The van der Waals surface area contributed by atoms with Gasteiger partial charge in [-0.2, -0.15) is 1.37 Å². The van der Waals surface area contributed by atoms with Gasteiger partial charge in [-0.25, -0.2) is 0 Å². The molecule has 0 amide bonds. The summed E-state index contributed by atoms with van der Waals surface area (Å²) in [5.74, 6) is 0.907. The first-order valence-corrected chi connectivity index (χ1v) is 3.84. The smallest absolute Gasteiger partial charge is 0.350 e. The molecule has 1 aromatic carbocycles. The first-order valence-electron chi connectivity index (χ1n) is 3.37. The van der Waals surface area contributed by atoms with Crippen molar-refractivity contribution in [1.82, 2.24) is 0 Å². The van der Waals surface area contributed by atoms with E-state index in [0.717, 1.165) is 5.75 Å². The van der Waals surface area contributed by atoms with Gasteiger partial charge in [-0.05, 0) is 11.3 Å². The van der Waals surface area contributed by atoms with E-state index in [9.17, 15) is 0 Å². The molecule has 0 saturated heterocycles. The van der Waals surface area contributed by atoms with E-state index in [1.165, 1.54) is 23.6 Å². The van der Waals surface area contributed by atoms with E-state index in [0.29, 0.717) is 0 Å². The third-order valence-corrected chi connectivity index (χ3v) is 1.59. The Labute approximate surface area is 80.0 Å². The second kappa shape index (κ2) is 5.92. The molecular weight excluding hydrogens is 135 g/mol. The Bertz CT molecular complexity index is 179. The van der Waals surface area contributed by atoms with E-state index < -0.39 is 0 Å². The third-order valence-electron chi connectivity index (χ3n) is 1.09. The van der Waals surface area contributed by atoms with Gasteiger partial charge in [0.2, 0.25) is 0 Å². The summed E-state index contributed by atoms with van der Waals surface area (Å²) in [5.41, 5.74) is 1.27. The Hall–Kier alpha value is 0.167. The van der Waals surface area contributed by atoms with Gasteiger partial charge in [-0.15, -0.1) is 0 Å². The van der Waals surface area contributed by atoms with Crippen LogP contribution >= 0.6 is 11.8 Å². The molecule has 0 atom stereocenters. The molecule has 0 aliphatic carbocycles. The molecule has 0 bridgehead atoms. The van der Waals surface area contributed by atoms with Gasteiger partial charge in [0, 0.05) is 0 Å². The molecule has 1 rings (SSSR count).